The van der Waals surface area contributed by atoms with E-state index in [0.717, 1.165) is 33.2 Å². The largest absolute Gasteiger partial charge is 0.455 e. The summed E-state index contributed by atoms with van der Waals surface area (Å²) in [6, 6.07) is 28.2. The number of furan rings is 1. The first-order chi connectivity index (χ1) is 21.4. The molecular formula is C38H35N3O. The zero-order chi connectivity index (χ0) is 31.7. The fourth-order valence-electron chi connectivity index (χ4n) is 6.05. The molecule has 0 unspecified atom stereocenters. The number of hydrogen-bond acceptors (Lipinski definition) is 3. The Balaban J connectivity index is 1.63. The van der Waals surface area contributed by atoms with E-state index in [4.69, 9.17) is 13.5 Å². The molecule has 0 amide bonds. The van der Waals surface area contributed by atoms with Gasteiger partial charge in [-0.25, -0.2) is 4.98 Å². The van der Waals surface area contributed by atoms with E-state index in [1.165, 1.54) is 16.7 Å². The maximum absolute atomic E-state index is 8.33. The summed E-state index contributed by atoms with van der Waals surface area (Å²) in [5, 5.41) is 1.37. The Morgan fingerprint density at radius 2 is 1.67 bits per heavy atom. The summed E-state index contributed by atoms with van der Waals surface area (Å²) in [6.45, 7) is 8.85. The zero-order valence-electron chi connectivity index (χ0n) is 27.6. The van der Waals surface area contributed by atoms with Gasteiger partial charge >= 0.3 is 0 Å². The minimum atomic E-state index is -2.31. The van der Waals surface area contributed by atoms with Gasteiger partial charge in [0.2, 0.25) is 0 Å². The predicted octanol–water partition coefficient (Wildman–Crippen LogP) is 10.4. The molecule has 4 aromatic carbocycles. The number of pyridine rings is 1. The molecule has 7 rings (SSSR count). The molecule has 0 saturated carbocycles. The number of benzene rings is 4. The fourth-order valence-corrected chi connectivity index (χ4v) is 6.05. The third-order valence-electron chi connectivity index (χ3n) is 8.12. The van der Waals surface area contributed by atoms with Crippen LogP contribution < -0.4 is 0 Å². The predicted molar refractivity (Wildman–Crippen MR) is 175 cm³/mol. The Hall–Kier alpha value is -4.70. The van der Waals surface area contributed by atoms with Gasteiger partial charge in [-0.3, -0.25) is 9.55 Å². The highest BCUT2D eigenvalue weighted by atomic mass is 16.3. The molecule has 42 heavy (non-hydrogen) atoms. The lowest BCUT2D eigenvalue weighted by Crippen LogP contribution is -2.18. The molecule has 208 valence electrons. The van der Waals surface area contributed by atoms with Crippen molar-refractivity contribution in [2.75, 3.05) is 0 Å². The molecule has 4 nitrogen and oxygen atoms in total. The van der Waals surface area contributed by atoms with Gasteiger partial charge in [-0.2, -0.15) is 0 Å². The number of fused-ring (bicyclic) bond motifs is 4. The smallest absolute Gasteiger partial charge is 0.149 e. The molecular weight excluding hydrogens is 514 g/mol. The van der Waals surface area contributed by atoms with Crippen LogP contribution in [0.1, 0.15) is 61.3 Å². The molecule has 3 aromatic heterocycles. The second-order valence-electron chi connectivity index (χ2n) is 12.3. The molecule has 0 spiro atoms. The van der Waals surface area contributed by atoms with Gasteiger partial charge in [0.05, 0.1) is 28.5 Å². The molecule has 0 radical (unpaired) electrons. The lowest BCUT2D eigenvalue weighted by Gasteiger charge is -2.29. The number of nitrogens with zero attached hydrogens (tertiary/aromatic N) is 3. The summed E-state index contributed by atoms with van der Waals surface area (Å²) in [6.07, 6.45) is 3.62. The Bertz CT molecular complexity index is 2220. The zero-order valence-corrected chi connectivity index (χ0v) is 24.6. The number of para-hydroxylation sites is 1. The van der Waals surface area contributed by atoms with E-state index in [0.29, 0.717) is 22.4 Å². The number of hydrogen-bond donors (Lipinski definition) is 0. The SMILES string of the molecule is [2H]C([2H])([2H])c1ccc(-c2nc3ccncc3n2-c2c(C(C)C)cc(-c3ccccc3)cc2C(C)(C)C)c2oc3ccccc3c12. The van der Waals surface area contributed by atoms with E-state index in [1.54, 1.807) is 12.3 Å². The van der Waals surface area contributed by atoms with Gasteiger partial charge in [-0.15, -0.1) is 0 Å². The van der Waals surface area contributed by atoms with Crippen molar-refractivity contribution in [2.24, 2.45) is 0 Å². The van der Waals surface area contributed by atoms with Crippen LogP contribution in [0.15, 0.2) is 102 Å². The summed E-state index contributed by atoms with van der Waals surface area (Å²) >= 11 is 0. The van der Waals surface area contributed by atoms with Crippen LogP contribution in [0.2, 0.25) is 0 Å². The van der Waals surface area contributed by atoms with E-state index in [1.807, 2.05) is 48.7 Å². The summed E-state index contributed by atoms with van der Waals surface area (Å²) in [4.78, 5) is 9.72. The van der Waals surface area contributed by atoms with Gasteiger partial charge in [-0.05, 0) is 76.3 Å². The number of aromatic nitrogens is 3. The summed E-state index contributed by atoms with van der Waals surface area (Å²) in [5.41, 5.74) is 9.35. The first kappa shape index (κ1) is 22.9. The van der Waals surface area contributed by atoms with Crippen LogP contribution in [0.4, 0.5) is 0 Å². The monoisotopic (exact) mass is 552 g/mol. The number of rotatable bonds is 4. The molecule has 0 saturated heterocycles. The maximum Gasteiger partial charge on any atom is 0.149 e. The molecule has 0 aliphatic carbocycles. The second kappa shape index (κ2) is 9.70. The molecule has 0 bridgehead atoms. The van der Waals surface area contributed by atoms with Gasteiger partial charge in [0.15, 0.2) is 0 Å². The normalized spacial score (nSPS) is 13.6. The average molecular weight is 553 g/mol. The standard InChI is InChI=1S/C38H35N3O/c1-23(2)29-20-26(25-12-8-7-9-13-25)21-30(38(4,5)6)35(29)41-32-22-39-19-18-31(32)40-37(41)28-17-16-24(3)34-27-14-10-11-15-33(27)42-36(28)34/h7-23H,1-6H3/i3D3. The van der Waals surface area contributed by atoms with Crippen molar-refractivity contribution < 1.29 is 8.53 Å². The van der Waals surface area contributed by atoms with E-state index in [-0.39, 0.29) is 16.9 Å². The molecule has 7 aromatic rings. The van der Waals surface area contributed by atoms with Gasteiger partial charge in [0, 0.05) is 21.1 Å². The summed E-state index contributed by atoms with van der Waals surface area (Å²) in [5.74, 6) is 0.870. The van der Waals surface area contributed by atoms with Crippen molar-refractivity contribution in [3.8, 4) is 28.2 Å². The molecule has 3 heterocycles. The van der Waals surface area contributed by atoms with Crippen LogP contribution in [-0.2, 0) is 5.41 Å². The maximum atomic E-state index is 8.33. The van der Waals surface area contributed by atoms with Crippen LogP contribution in [-0.4, -0.2) is 14.5 Å². The highest BCUT2D eigenvalue weighted by Crippen LogP contribution is 2.44. The highest BCUT2D eigenvalue weighted by Gasteiger charge is 2.29. The van der Waals surface area contributed by atoms with Gasteiger partial charge in [0.1, 0.15) is 17.0 Å². The van der Waals surface area contributed by atoms with Crippen LogP contribution in [0, 0.1) is 6.85 Å². The van der Waals surface area contributed by atoms with Crippen molar-refractivity contribution in [3.63, 3.8) is 0 Å². The Kier molecular flexibility index (Phi) is 5.29. The lowest BCUT2D eigenvalue weighted by molar-refractivity contribution is 0.585. The first-order valence-electron chi connectivity index (χ1n) is 16.0. The number of aryl methyl sites for hydroxylation is 1. The van der Waals surface area contributed by atoms with Crippen molar-refractivity contribution in [2.45, 2.75) is 52.8 Å². The van der Waals surface area contributed by atoms with Crippen LogP contribution in [0.3, 0.4) is 0 Å². The minimum absolute atomic E-state index is 0.191. The molecule has 0 aliphatic rings. The average Bonchev–Trinajstić information content (AvgIpc) is 3.58. The Labute approximate surface area is 250 Å². The van der Waals surface area contributed by atoms with Crippen LogP contribution in [0.25, 0.3) is 61.2 Å². The molecule has 0 aliphatic heterocycles. The minimum Gasteiger partial charge on any atom is -0.455 e. The number of imidazole rings is 1. The first-order valence-corrected chi connectivity index (χ1v) is 14.5. The quantitative estimate of drug-likeness (QED) is 0.218. The fraction of sp³-hybridized carbons (Fsp3) is 0.211. The highest BCUT2D eigenvalue weighted by molar-refractivity contribution is 6.11. The topological polar surface area (TPSA) is 43.9 Å². The molecule has 0 N–H and O–H groups in total. The molecule has 0 atom stereocenters. The van der Waals surface area contributed by atoms with E-state index >= 15 is 0 Å². The van der Waals surface area contributed by atoms with E-state index < -0.39 is 6.85 Å². The molecule has 0 fully saturated rings. The summed E-state index contributed by atoms with van der Waals surface area (Å²) < 4.78 is 33.7. The van der Waals surface area contributed by atoms with Crippen LogP contribution >= 0.6 is 0 Å². The van der Waals surface area contributed by atoms with Crippen molar-refractivity contribution in [1.29, 1.82) is 0 Å². The van der Waals surface area contributed by atoms with Gasteiger partial charge in [0.25, 0.3) is 0 Å². The second-order valence-corrected chi connectivity index (χ2v) is 12.3. The third-order valence-corrected chi connectivity index (χ3v) is 8.12. The van der Waals surface area contributed by atoms with Gasteiger partial charge < -0.3 is 4.42 Å². The Morgan fingerprint density at radius 3 is 2.43 bits per heavy atom. The summed E-state index contributed by atoms with van der Waals surface area (Å²) in [7, 11) is 0. The third kappa shape index (κ3) is 4.13. The van der Waals surface area contributed by atoms with Crippen LogP contribution in [0.5, 0.6) is 0 Å². The lowest BCUT2D eigenvalue weighted by atomic mass is 9.80. The van der Waals surface area contributed by atoms with E-state index in [2.05, 4.69) is 80.6 Å². The van der Waals surface area contributed by atoms with Crippen molar-refractivity contribution in [1.82, 2.24) is 14.5 Å². The Morgan fingerprint density at radius 1 is 0.881 bits per heavy atom. The van der Waals surface area contributed by atoms with Crippen molar-refractivity contribution in [3.05, 3.63) is 114 Å². The van der Waals surface area contributed by atoms with E-state index in [9.17, 15) is 0 Å². The van der Waals surface area contributed by atoms with Gasteiger partial charge in [-0.1, -0.05) is 89.2 Å². The molecule has 4 heteroatoms. The van der Waals surface area contributed by atoms with Crippen molar-refractivity contribution >= 4 is 33.0 Å².